The molecule has 1 saturated heterocycles. The van der Waals surface area contributed by atoms with E-state index in [0.29, 0.717) is 29.4 Å². The Labute approximate surface area is 122 Å². The fraction of sp³-hybridized carbons (Fsp3) is 0.462. The number of carbonyl (C=O) groups excluding carboxylic acids is 1. The van der Waals surface area contributed by atoms with Crippen LogP contribution in [0.2, 0.25) is 10.0 Å². The molecule has 1 aliphatic rings. The Kier molecular flexibility index (Phi) is 4.23. The van der Waals surface area contributed by atoms with Crippen LogP contribution in [0, 0.1) is 0 Å². The summed E-state index contributed by atoms with van der Waals surface area (Å²) in [5.74, 6) is -0.166. The van der Waals surface area contributed by atoms with Crippen LogP contribution in [0.3, 0.4) is 0 Å². The second kappa shape index (κ2) is 5.57. The summed E-state index contributed by atoms with van der Waals surface area (Å²) in [6.07, 6.45) is 0.00557. The third-order valence-corrected chi connectivity index (χ3v) is 3.79. The summed E-state index contributed by atoms with van der Waals surface area (Å²) in [5, 5.41) is 0.534. The van der Waals surface area contributed by atoms with Crippen LogP contribution in [0.5, 0.6) is 0 Å². The Morgan fingerprint density at radius 3 is 2.47 bits per heavy atom. The van der Waals surface area contributed by atoms with Gasteiger partial charge >= 0.3 is 0 Å². The van der Waals surface area contributed by atoms with Crippen LogP contribution in [0.4, 0.5) is 5.69 Å². The minimum Gasteiger partial charge on any atom is -0.399 e. The molecule has 2 N–H and O–H groups in total. The van der Waals surface area contributed by atoms with E-state index in [4.69, 9.17) is 33.7 Å². The van der Waals surface area contributed by atoms with Gasteiger partial charge in [-0.25, -0.2) is 0 Å². The van der Waals surface area contributed by atoms with Gasteiger partial charge < -0.3 is 15.4 Å². The van der Waals surface area contributed by atoms with Crippen LogP contribution in [-0.2, 0) is 4.74 Å². The van der Waals surface area contributed by atoms with Crippen LogP contribution < -0.4 is 5.73 Å². The zero-order valence-corrected chi connectivity index (χ0v) is 12.3. The van der Waals surface area contributed by atoms with Crippen LogP contribution in [0.15, 0.2) is 12.1 Å². The van der Waals surface area contributed by atoms with Gasteiger partial charge in [0.15, 0.2) is 0 Å². The van der Waals surface area contributed by atoms with Crippen molar-refractivity contribution < 1.29 is 9.53 Å². The van der Waals surface area contributed by atoms with E-state index in [2.05, 4.69) is 0 Å². The Morgan fingerprint density at radius 1 is 1.32 bits per heavy atom. The van der Waals surface area contributed by atoms with E-state index in [9.17, 15) is 4.79 Å². The molecular weight excluding hydrogens is 287 g/mol. The third kappa shape index (κ3) is 3.14. The van der Waals surface area contributed by atoms with Gasteiger partial charge in [-0.15, -0.1) is 0 Å². The largest absolute Gasteiger partial charge is 0.399 e. The first-order valence-electron chi connectivity index (χ1n) is 6.07. The summed E-state index contributed by atoms with van der Waals surface area (Å²) in [6.45, 7) is 4.94. The Bertz CT molecular complexity index is 498. The predicted molar refractivity (Wildman–Crippen MR) is 76.8 cm³/mol. The van der Waals surface area contributed by atoms with Gasteiger partial charge in [-0.05, 0) is 26.0 Å². The van der Waals surface area contributed by atoms with Crippen molar-refractivity contribution in [2.24, 2.45) is 0 Å². The second-order valence-corrected chi connectivity index (χ2v) is 5.62. The van der Waals surface area contributed by atoms with Crippen molar-refractivity contribution >= 4 is 34.8 Å². The average molecular weight is 303 g/mol. The summed E-state index contributed by atoms with van der Waals surface area (Å²) < 4.78 is 5.60. The van der Waals surface area contributed by atoms with Crippen LogP contribution in [-0.4, -0.2) is 36.1 Å². The topological polar surface area (TPSA) is 55.6 Å². The summed E-state index contributed by atoms with van der Waals surface area (Å²) in [5.41, 5.74) is 6.48. The summed E-state index contributed by atoms with van der Waals surface area (Å²) in [6, 6.07) is 3.09. The highest BCUT2D eigenvalue weighted by Gasteiger charge is 2.28. The minimum atomic E-state index is -0.166. The van der Waals surface area contributed by atoms with Crippen LogP contribution in [0.1, 0.15) is 24.2 Å². The highest BCUT2D eigenvalue weighted by molar-refractivity contribution is 6.44. The monoisotopic (exact) mass is 302 g/mol. The van der Waals surface area contributed by atoms with Crippen molar-refractivity contribution in [1.82, 2.24) is 4.90 Å². The first-order valence-corrected chi connectivity index (χ1v) is 6.83. The molecule has 0 spiro atoms. The number of anilines is 1. The minimum absolute atomic E-state index is 0.00278. The molecule has 1 aliphatic heterocycles. The maximum atomic E-state index is 12.5. The zero-order chi connectivity index (χ0) is 14.2. The summed E-state index contributed by atoms with van der Waals surface area (Å²) >= 11 is 12.0. The number of halogens is 2. The van der Waals surface area contributed by atoms with E-state index in [-0.39, 0.29) is 23.1 Å². The average Bonchev–Trinajstić information content (AvgIpc) is 2.31. The molecule has 4 nitrogen and oxygen atoms in total. The second-order valence-electron chi connectivity index (χ2n) is 4.83. The number of carbonyl (C=O) groups is 1. The summed E-state index contributed by atoms with van der Waals surface area (Å²) in [4.78, 5) is 14.2. The molecule has 1 aromatic carbocycles. The lowest BCUT2D eigenvalue weighted by Gasteiger charge is -2.35. The maximum absolute atomic E-state index is 12.5. The lowest BCUT2D eigenvalue weighted by molar-refractivity contribution is -0.0586. The first-order chi connectivity index (χ1) is 8.88. The fourth-order valence-electron chi connectivity index (χ4n) is 2.28. The summed E-state index contributed by atoms with van der Waals surface area (Å²) in [7, 11) is 0. The van der Waals surface area contributed by atoms with E-state index in [1.807, 2.05) is 13.8 Å². The molecule has 2 unspecified atom stereocenters. The normalized spacial score (nSPS) is 23.5. The van der Waals surface area contributed by atoms with E-state index in [1.54, 1.807) is 11.0 Å². The number of benzene rings is 1. The number of hydrogen-bond donors (Lipinski definition) is 1. The van der Waals surface area contributed by atoms with Crippen molar-refractivity contribution in [1.29, 1.82) is 0 Å². The van der Waals surface area contributed by atoms with Gasteiger partial charge in [-0.3, -0.25) is 4.79 Å². The molecule has 0 radical (unpaired) electrons. The highest BCUT2D eigenvalue weighted by Crippen LogP contribution is 2.30. The smallest absolute Gasteiger partial charge is 0.255 e. The molecule has 2 rings (SSSR count). The standard InChI is InChI=1S/C13H16Cl2N2O2/c1-7-5-17(6-8(2)19-7)13(18)10-3-9(16)4-11(14)12(10)15/h3-4,7-8H,5-6,16H2,1-2H3. The molecule has 0 saturated carbocycles. The van der Waals surface area contributed by atoms with Crippen molar-refractivity contribution in [2.75, 3.05) is 18.8 Å². The number of nitrogens with zero attached hydrogens (tertiary/aromatic N) is 1. The van der Waals surface area contributed by atoms with E-state index in [1.165, 1.54) is 6.07 Å². The van der Waals surface area contributed by atoms with E-state index in [0.717, 1.165) is 0 Å². The van der Waals surface area contributed by atoms with Gasteiger partial charge in [-0.1, -0.05) is 23.2 Å². The van der Waals surface area contributed by atoms with Crippen LogP contribution >= 0.6 is 23.2 Å². The molecule has 1 amide bonds. The quantitative estimate of drug-likeness (QED) is 0.812. The SMILES string of the molecule is CC1CN(C(=O)c2cc(N)cc(Cl)c2Cl)CC(C)O1. The number of hydrogen-bond acceptors (Lipinski definition) is 3. The van der Waals surface area contributed by atoms with Crippen LogP contribution in [0.25, 0.3) is 0 Å². The van der Waals surface area contributed by atoms with Crippen molar-refractivity contribution in [3.05, 3.63) is 27.7 Å². The molecule has 1 fully saturated rings. The third-order valence-electron chi connectivity index (χ3n) is 2.99. The van der Waals surface area contributed by atoms with E-state index >= 15 is 0 Å². The molecule has 6 heteroatoms. The van der Waals surface area contributed by atoms with Crippen molar-refractivity contribution in [2.45, 2.75) is 26.1 Å². The molecule has 104 valence electrons. The molecular formula is C13H16Cl2N2O2. The molecule has 0 bridgehead atoms. The van der Waals surface area contributed by atoms with Gasteiger partial charge in [0.25, 0.3) is 5.91 Å². The molecule has 1 aromatic rings. The Morgan fingerprint density at radius 2 is 1.89 bits per heavy atom. The predicted octanol–water partition coefficient (Wildman–Crippen LogP) is 2.83. The molecule has 0 aromatic heterocycles. The number of nitrogen functional groups attached to an aromatic ring is 1. The lowest BCUT2D eigenvalue weighted by Crippen LogP contribution is -2.48. The molecule has 19 heavy (non-hydrogen) atoms. The number of ether oxygens (including phenoxy) is 1. The maximum Gasteiger partial charge on any atom is 0.255 e. The van der Waals surface area contributed by atoms with Crippen molar-refractivity contribution in [3.63, 3.8) is 0 Å². The van der Waals surface area contributed by atoms with Gasteiger partial charge in [0.1, 0.15) is 0 Å². The Balaban J connectivity index is 2.29. The highest BCUT2D eigenvalue weighted by atomic mass is 35.5. The lowest BCUT2D eigenvalue weighted by atomic mass is 10.1. The molecule has 0 aliphatic carbocycles. The zero-order valence-electron chi connectivity index (χ0n) is 10.8. The van der Waals surface area contributed by atoms with Gasteiger partial charge in [0.2, 0.25) is 0 Å². The number of morpholine rings is 1. The molecule has 1 heterocycles. The van der Waals surface area contributed by atoms with Crippen molar-refractivity contribution in [3.8, 4) is 0 Å². The van der Waals surface area contributed by atoms with Gasteiger partial charge in [-0.2, -0.15) is 0 Å². The fourth-order valence-corrected chi connectivity index (χ4v) is 2.70. The number of rotatable bonds is 1. The van der Waals surface area contributed by atoms with E-state index < -0.39 is 0 Å². The first kappa shape index (κ1) is 14.4. The van der Waals surface area contributed by atoms with Gasteiger partial charge in [0.05, 0.1) is 27.8 Å². The number of amides is 1. The molecule has 2 atom stereocenters. The number of nitrogens with two attached hydrogens (primary N) is 1. The Hall–Kier alpha value is -0.970. The van der Waals surface area contributed by atoms with Gasteiger partial charge in [0, 0.05) is 18.8 Å².